The van der Waals surface area contributed by atoms with Crippen molar-refractivity contribution in [2.24, 2.45) is 23.7 Å². The molecule has 15 nitrogen and oxygen atoms in total. The number of likely N-dealkylation sites (N-methyl/N-ethyl adjacent to an activating group) is 1. The SMILES string of the molecule is CC(C)C1(NC(=O)C2CC3c4cccc5[nH]cc(c45)CC3N(C)C2)OC2(O)C3CCCN3C(=O)C(Cc3ccccc3)N2C1=O.COC(=O)C1=COC(C)C2CN3CCc4c([nH]c5ccccc45)C3CC12. The van der Waals surface area contributed by atoms with Crippen molar-refractivity contribution in [2.75, 3.05) is 40.3 Å². The summed E-state index contributed by atoms with van der Waals surface area (Å²) in [4.78, 5) is 69.9. The molecule has 372 valence electrons. The van der Waals surface area contributed by atoms with Gasteiger partial charge in [0.15, 0.2) is 0 Å². The Labute approximate surface area is 413 Å². The average Bonchev–Trinajstić information content (AvgIpc) is 4.18. The van der Waals surface area contributed by atoms with Crippen LogP contribution in [0.1, 0.15) is 86.4 Å². The lowest BCUT2D eigenvalue weighted by Crippen LogP contribution is -2.71. The Morgan fingerprint density at radius 1 is 0.972 bits per heavy atom. The fraction of sp³-hybridized carbons (Fsp3) is 0.500. The maximum atomic E-state index is 14.6. The first-order chi connectivity index (χ1) is 34.3. The van der Waals surface area contributed by atoms with Crippen molar-refractivity contribution >= 4 is 45.5 Å². The average molecular weight is 964 g/mol. The second-order valence-electron chi connectivity index (χ2n) is 21.8. The minimum atomic E-state index is -2.04. The molecular weight excluding hydrogens is 899 g/mol. The number of hydrogen-bond acceptors (Lipinski definition) is 10. The standard InChI is InChI=1S/C35H41N5O5.C21H24N2O3/c1-20(2)34(37-31(41)23-16-25-24-11-7-12-26-30(24)22(18-36-26)17-27(25)38(3)19-23)33(43)40-28(15-21-9-5-4-6-10-21)32(42)39-14-8-13-29(39)35(40,44)45-34;1-12-16-10-23-8-7-14-13-5-3-4-6-18(13)22-20(14)19(23)9-15(16)17(11-26-12)21(24)25-2/h4-7,9-12,18,20,23,25,27-29,36,44H,8,13-17,19H2,1-3H3,(H,37,41);3-6,11-12,15-16,19,22H,7-10H2,1-2H3. The van der Waals surface area contributed by atoms with Crippen molar-refractivity contribution in [1.82, 2.24) is 34.9 Å². The maximum Gasteiger partial charge on any atom is 0.337 e. The van der Waals surface area contributed by atoms with Gasteiger partial charge in [0.2, 0.25) is 17.5 Å². The van der Waals surface area contributed by atoms with Gasteiger partial charge in [-0.15, -0.1) is 0 Å². The fourth-order valence-electron chi connectivity index (χ4n) is 14.2. The van der Waals surface area contributed by atoms with Gasteiger partial charge in [0, 0.05) is 96.0 Å². The van der Waals surface area contributed by atoms with E-state index in [1.807, 2.05) is 44.2 Å². The van der Waals surface area contributed by atoms with E-state index in [2.05, 4.69) is 87.7 Å². The summed E-state index contributed by atoms with van der Waals surface area (Å²) in [5, 5.41) is 18.0. The number of esters is 1. The van der Waals surface area contributed by atoms with Crippen LogP contribution in [0, 0.1) is 23.7 Å². The molecular formula is C56H65N7O8. The number of ether oxygens (including phenoxy) is 3. The van der Waals surface area contributed by atoms with Crippen LogP contribution in [0.5, 0.6) is 0 Å². The van der Waals surface area contributed by atoms with Gasteiger partial charge in [-0.3, -0.25) is 28.9 Å². The minimum Gasteiger partial charge on any atom is -0.497 e. The molecule has 1 aliphatic carbocycles. The van der Waals surface area contributed by atoms with Gasteiger partial charge < -0.3 is 39.7 Å². The quantitative estimate of drug-likeness (QED) is 0.150. The number of benzene rings is 3. The Bertz CT molecular complexity index is 2970. The van der Waals surface area contributed by atoms with Gasteiger partial charge in [0.25, 0.3) is 11.8 Å². The highest BCUT2D eigenvalue weighted by molar-refractivity contribution is 5.98. The summed E-state index contributed by atoms with van der Waals surface area (Å²) in [5.41, 5.74) is 7.44. The number of H-pyrrole nitrogens is 2. The third kappa shape index (κ3) is 7.19. The predicted molar refractivity (Wildman–Crippen MR) is 265 cm³/mol. The van der Waals surface area contributed by atoms with Crippen LogP contribution in [0.15, 0.2) is 90.8 Å². The van der Waals surface area contributed by atoms with E-state index < -0.39 is 41.5 Å². The van der Waals surface area contributed by atoms with Crippen LogP contribution in [-0.4, -0.2) is 135 Å². The number of hydrogen-bond donors (Lipinski definition) is 4. The third-order valence-electron chi connectivity index (χ3n) is 17.8. The number of fused-ring (bicyclic) bond motifs is 11. The topological polar surface area (TPSA) is 173 Å². The molecule has 71 heavy (non-hydrogen) atoms. The number of likely N-dealkylation sites (tertiary alicyclic amines) is 1. The number of methoxy groups -OCH3 is 1. The number of aromatic amines is 2. The van der Waals surface area contributed by atoms with Crippen molar-refractivity contribution in [3.8, 4) is 0 Å². The number of carbonyl (C=O) groups is 4. The summed E-state index contributed by atoms with van der Waals surface area (Å²) in [6, 6.07) is 23.4. The van der Waals surface area contributed by atoms with Crippen molar-refractivity contribution in [3.63, 3.8) is 0 Å². The second-order valence-corrected chi connectivity index (χ2v) is 21.8. The van der Waals surface area contributed by atoms with Crippen molar-refractivity contribution < 1.29 is 38.5 Å². The zero-order chi connectivity index (χ0) is 49.1. The summed E-state index contributed by atoms with van der Waals surface area (Å²) >= 11 is 0. The zero-order valence-corrected chi connectivity index (χ0v) is 41.2. The number of nitrogens with one attached hydrogen (secondary N) is 3. The van der Waals surface area contributed by atoms with Crippen LogP contribution >= 0.6 is 0 Å². The highest BCUT2D eigenvalue weighted by atomic mass is 16.7. The third-order valence-corrected chi connectivity index (χ3v) is 17.8. The van der Waals surface area contributed by atoms with E-state index in [9.17, 15) is 24.3 Å². The lowest BCUT2D eigenvalue weighted by molar-refractivity contribution is -0.321. The minimum absolute atomic E-state index is 0.124. The first kappa shape index (κ1) is 46.1. The predicted octanol–water partition coefficient (Wildman–Crippen LogP) is 5.90. The van der Waals surface area contributed by atoms with Crippen LogP contribution in [0.25, 0.3) is 21.8 Å². The Morgan fingerprint density at radius 3 is 2.56 bits per heavy atom. The summed E-state index contributed by atoms with van der Waals surface area (Å²) in [6.07, 6.45) is 8.89. The van der Waals surface area contributed by atoms with Crippen LogP contribution in [0.2, 0.25) is 0 Å². The lowest BCUT2D eigenvalue weighted by atomic mass is 9.72. The first-order valence-electron chi connectivity index (χ1n) is 25.8. The Balaban J connectivity index is 0.000000168. The largest absolute Gasteiger partial charge is 0.497 e. The molecule has 4 N–H and O–H groups in total. The van der Waals surface area contributed by atoms with E-state index in [1.165, 1.54) is 50.7 Å². The summed E-state index contributed by atoms with van der Waals surface area (Å²) in [5.74, 6) is -3.54. The van der Waals surface area contributed by atoms with Crippen molar-refractivity contribution in [2.45, 2.75) is 114 Å². The number of aliphatic hydroxyl groups is 1. The Morgan fingerprint density at radius 2 is 1.76 bits per heavy atom. The van der Waals surface area contributed by atoms with E-state index in [0.29, 0.717) is 49.9 Å². The molecule has 5 saturated heterocycles. The van der Waals surface area contributed by atoms with Gasteiger partial charge in [0.1, 0.15) is 12.1 Å². The van der Waals surface area contributed by atoms with Gasteiger partial charge in [-0.05, 0) is 86.9 Å². The van der Waals surface area contributed by atoms with Crippen LogP contribution in [0.3, 0.4) is 0 Å². The van der Waals surface area contributed by atoms with E-state index in [0.717, 1.165) is 43.4 Å². The van der Waals surface area contributed by atoms with Gasteiger partial charge in [-0.1, -0.05) is 74.5 Å². The molecule has 11 atom stereocenters. The molecule has 11 unspecified atom stereocenters. The molecule has 15 heteroatoms. The van der Waals surface area contributed by atoms with Gasteiger partial charge in [0.05, 0.1) is 37.0 Å². The number of amides is 3. The molecule has 0 saturated carbocycles. The van der Waals surface area contributed by atoms with E-state index in [4.69, 9.17) is 14.2 Å². The molecule has 0 spiro atoms. The Kier molecular flexibility index (Phi) is 11.3. The first-order valence-corrected chi connectivity index (χ1v) is 25.8. The van der Waals surface area contributed by atoms with E-state index >= 15 is 0 Å². The molecule has 9 heterocycles. The maximum absolute atomic E-state index is 14.6. The molecule has 0 bridgehead atoms. The highest BCUT2D eigenvalue weighted by Gasteiger charge is 2.72. The number of piperazine rings is 1. The van der Waals surface area contributed by atoms with E-state index in [-0.39, 0.29) is 48.2 Å². The second kappa shape index (κ2) is 17.3. The number of para-hydroxylation sites is 1. The van der Waals surface area contributed by atoms with Crippen molar-refractivity contribution in [3.05, 3.63) is 119 Å². The van der Waals surface area contributed by atoms with Crippen LogP contribution in [-0.2, 0) is 52.7 Å². The molecule has 7 aliphatic heterocycles. The Hall–Kier alpha value is -6.00. The molecule has 3 aromatic carbocycles. The van der Waals surface area contributed by atoms with Crippen molar-refractivity contribution in [1.29, 1.82) is 0 Å². The monoisotopic (exact) mass is 963 g/mol. The van der Waals surface area contributed by atoms with Gasteiger partial charge >= 0.3 is 5.97 Å². The smallest absolute Gasteiger partial charge is 0.337 e. The number of aromatic nitrogens is 2. The van der Waals surface area contributed by atoms with Gasteiger partial charge in [-0.25, -0.2) is 4.79 Å². The van der Waals surface area contributed by atoms with Gasteiger partial charge in [-0.2, -0.15) is 0 Å². The highest BCUT2D eigenvalue weighted by Crippen LogP contribution is 2.51. The zero-order valence-electron chi connectivity index (χ0n) is 41.2. The molecule has 5 fully saturated rings. The molecule has 0 radical (unpaired) electrons. The number of piperidine rings is 2. The lowest BCUT2D eigenvalue weighted by Gasteiger charge is -2.49. The molecule has 5 aromatic rings. The summed E-state index contributed by atoms with van der Waals surface area (Å²) in [7, 11) is 3.52. The van der Waals surface area contributed by atoms with Crippen LogP contribution < -0.4 is 5.32 Å². The number of rotatable bonds is 6. The van der Waals surface area contributed by atoms with Crippen LogP contribution in [0.4, 0.5) is 0 Å². The number of carbonyl (C=O) groups excluding carboxylic acids is 4. The molecule has 2 aromatic heterocycles. The summed E-state index contributed by atoms with van der Waals surface area (Å²) in [6.45, 7) is 8.81. The number of nitrogens with zero attached hydrogens (tertiary/aromatic N) is 4. The molecule has 8 aliphatic rings. The fourth-order valence-corrected chi connectivity index (χ4v) is 14.2. The summed E-state index contributed by atoms with van der Waals surface area (Å²) < 4.78 is 17.3. The van der Waals surface area contributed by atoms with E-state index in [1.54, 1.807) is 11.2 Å². The normalized spacial score (nSPS) is 32.9. The molecule has 3 amide bonds. The molecule has 13 rings (SSSR count).